The van der Waals surface area contributed by atoms with Gasteiger partial charge in [-0.2, -0.15) is 4.31 Å². The monoisotopic (exact) mass is 362 g/mol. The van der Waals surface area contributed by atoms with Crippen LogP contribution in [-0.4, -0.2) is 49.7 Å². The third-order valence-electron chi connectivity index (χ3n) is 4.03. The Hall–Kier alpha value is -1.18. The summed E-state index contributed by atoms with van der Waals surface area (Å²) in [6, 6.07) is 1.42. The smallest absolute Gasteiger partial charge is 0.245 e. The summed E-state index contributed by atoms with van der Waals surface area (Å²) in [4.78, 5) is 13.7. The summed E-state index contributed by atoms with van der Waals surface area (Å²) in [5.74, 6) is -1.01. The van der Waals surface area contributed by atoms with E-state index in [4.69, 9.17) is 11.6 Å². The minimum absolute atomic E-state index is 0.166. The number of rotatable bonds is 3. The Kier molecular flexibility index (Phi) is 5.03. The number of benzene rings is 1. The van der Waals surface area contributed by atoms with Gasteiger partial charge >= 0.3 is 0 Å². The Labute approximate surface area is 141 Å². The van der Waals surface area contributed by atoms with Crippen molar-refractivity contribution in [3.63, 3.8) is 0 Å². The number of piperazine rings is 1. The molecule has 1 aromatic rings. The molecule has 1 atom stereocenters. The minimum atomic E-state index is -4.00. The number of nitrogens with zero attached hydrogens (tertiary/aromatic N) is 2. The fraction of sp³-hybridized carbons (Fsp3) is 0.533. The zero-order valence-corrected chi connectivity index (χ0v) is 15.1. The van der Waals surface area contributed by atoms with Crippen LogP contribution in [0.1, 0.15) is 19.4 Å². The van der Waals surface area contributed by atoms with E-state index in [0.29, 0.717) is 6.54 Å². The van der Waals surface area contributed by atoms with Gasteiger partial charge in [-0.3, -0.25) is 4.79 Å². The normalized spacial score (nSPS) is 20.4. The number of carbonyl (C=O) groups excluding carboxylic acids is 1. The van der Waals surface area contributed by atoms with Crippen molar-refractivity contribution in [1.29, 1.82) is 0 Å². The van der Waals surface area contributed by atoms with Gasteiger partial charge in [0, 0.05) is 20.1 Å². The van der Waals surface area contributed by atoms with Crippen molar-refractivity contribution >= 4 is 27.5 Å². The first kappa shape index (κ1) is 18.2. The van der Waals surface area contributed by atoms with Gasteiger partial charge in [0.25, 0.3) is 0 Å². The second kappa shape index (κ2) is 6.37. The van der Waals surface area contributed by atoms with Gasteiger partial charge in [-0.1, -0.05) is 25.4 Å². The standard InChI is InChI=1S/C15H20ClFN2O3S/c1-9(2)14-15(20)18(4)5-6-19(14)23(21,22)13-7-10(3)12(17)8-11(13)16/h7-9,14H,5-6H2,1-4H3. The van der Waals surface area contributed by atoms with Crippen molar-refractivity contribution in [2.75, 3.05) is 20.1 Å². The van der Waals surface area contributed by atoms with Crippen molar-refractivity contribution in [3.05, 3.63) is 28.5 Å². The molecule has 1 aliphatic rings. The molecule has 23 heavy (non-hydrogen) atoms. The summed E-state index contributed by atoms with van der Waals surface area (Å²) in [6.45, 7) is 5.54. The molecule has 128 valence electrons. The van der Waals surface area contributed by atoms with Gasteiger partial charge in [-0.25, -0.2) is 12.8 Å². The molecule has 0 spiro atoms. The van der Waals surface area contributed by atoms with Crippen LogP contribution < -0.4 is 0 Å². The lowest BCUT2D eigenvalue weighted by Gasteiger charge is -2.40. The fourth-order valence-electron chi connectivity index (χ4n) is 2.69. The molecule has 0 N–H and O–H groups in total. The SMILES string of the molecule is Cc1cc(S(=O)(=O)N2CCN(C)C(=O)C2C(C)C)c(Cl)cc1F. The Balaban J connectivity index is 2.54. The van der Waals surface area contributed by atoms with Crippen LogP contribution in [0.2, 0.25) is 5.02 Å². The molecule has 1 saturated heterocycles. The highest BCUT2D eigenvalue weighted by Gasteiger charge is 2.42. The molecule has 0 aliphatic carbocycles. The van der Waals surface area contributed by atoms with Gasteiger partial charge < -0.3 is 4.90 Å². The van der Waals surface area contributed by atoms with Crippen LogP contribution in [0, 0.1) is 18.7 Å². The van der Waals surface area contributed by atoms with Gasteiger partial charge in [-0.15, -0.1) is 0 Å². The van der Waals surface area contributed by atoms with Crippen molar-refractivity contribution in [1.82, 2.24) is 9.21 Å². The van der Waals surface area contributed by atoms with E-state index in [1.54, 1.807) is 20.9 Å². The summed E-state index contributed by atoms with van der Waals surface area (Å²) in [6.07, 6.45) is 0. The highest BCUT2D eigenvalue weighted by atomic mass is 35.5. The van der Waals surface area contributed by atoms with E-state index in [0.717, 1.165) is 6.07 Å². The Morgan fingerprint density at radius 3 is 2.48 bits per heavy atom. The summed E-state index contributed by atoms with van der Waals surface area (Å²) in [7, 11) is -2.35. The minimum Gasteiger partial charge on any atom is -0.343 e. The molecular weight excluding hydrogens is 343 g/mol. The van der Waals surface area contributed by atoms with Crippen LogP contribution in [0.15, 0.2) is 17.0 Å². The number of carbonyl (C=O) groups is 1. The van der Waals surface area contributed by atoms with Gasteiger partial charge in [0.1, 0.15) is 16.8 Å². The zero-order chi connectivity index (χ0) is 17.5. The van der Waals surface area contributed by atoms with E-state index in [2.05, 4.69) is 0 Å². The van der Waals surface area contributed by atoms with Crippen LogP contribution in [0.3, 0.4) is 0 Å². The lowest BCUT2D eigenvalue weighted by atomic mass is 10.0. The Morgan fingerprint density at radius 1 is 1.30 bits per heavy atom. The molecule has 1 aromatic carbocycles. The summed E-state index contributed by atoms with van der Waals surface area (Å²) < 4.78 is 40.7. The second-order valence-corrected chi connectivity index (χ2v) is 8.36. The number of sulfonamides is 1. The van der Waals surface area contributed by atoms with Crippen LogP contribution in [-0.2, 0) is 14.8 Å². The van der Waals surface area contributed by atoms with E-state index in [1.165, 1.54) is 22.2 Å². The third kappa shape index (κ3) is 3.22. The number of halogens is 2. The average molecular weight is 363 g/mol. The molecular formula is C15H20ClFN2O3S. The molecule has 1 aliphatic heterocycles. The van der Waals surface area contributed by atoms with E-state index in [1.807, 2.05) is 0 Å². The molecule has 5 nitrogen and oxygen atoms in total. The summed E-state index contributed by atoms with van der Waals surface area (Å²) in [5, 5.41) is -0.179. The van der Waals surface area contributed by atoms with Crippen molar-refractivity contribution in [2.45, 2.75) is 31.7 Å². The largest absolute Gasteiger partial charge is 0.343 e. The van der Waals surface area contributed by atoms with Gasteiger partial charge in [0.05, 0.1) is 5.02 Å². The van der Waals surface area contributed by atoms with E-state index in [9.17, 15) is 17.6 Å². The van der Waals surface area contributed by atoms with E-state index >= 15 is 0 Å². The third-order valence-corrected chi connectivity index (χ3v) is 6.37. The van der Waals surface area contributed by atoms with Crippen LogP contribution >= 0.6 is 11.6 Å². The van der Waals surface area contributed by atoms with Crippen LogP contribution in [0.4, 0.5) is 4.39 Å². The average Bonchev–Trinajstić information content (AvgIpc) is 2.44. The lowest BCUT2D eigenvalue weighted by molar-refractivity contribution is -0.138. The maximum atomic E-state index is 13.6. The molecule has 1 heterocycles. The number of likely N-dealkylation sites (N-methyl/N-ethyl adjacent to an activating group) is 1. The van der Waals surface area contributed by atoms with Gasteiger partial charge in [-0.05, 0) is 30.5 Å². The van der Waals surface area contributed by atoms with Gasteiger partial charge in [0.15, 0.2) is 0 Å². The molecule has 0 radical (unpaired) electrons. The van der Waals surface area contributed by atoms with E-state index < -0.39 is 21.9 Å². The van der Waals surface area contributed by atoms with Crippen LogP contribution in [0.5, 0.6) is 0 Å². The summed E-state index contributed by atoms with van der Waals surface area (Å²) >= 11 is 5.96. The molecule has 1 unspecified atom stereocenters. The van der Waals surface area contributed by atoms with Crippen molar-refractivity contribution in [2.24, 2.45) is 5.92 Å². The van der Waals surface area contributed by atoms with Crippen molar-refractivity contribution in [3.8, 4) is 0 Å². The maximum absolute atomic E-state index is 13.6. The first-order chi connectivity index (χ1) is 10.6. The molecule has 1 amide bonds. The number of aryl methyl sites for hydroxylation is 1. The lowest BCUT2D eigenvalue weighted by Crippen LogP contribution is -2.59. The number of hydrogen-bond acceptors (Lipinski definition) is 3. The Morgan fingerprint density at radius 2 is 1.91 bits per heavy atom. The fourth-order valence-corrected chi connectivity index (χ4v) is 4.97. The quantitative estimate of drug-likeness (QED) is 0.828. The van der Waals surface area contributed by atoms with Crippen LogP contribution in [0.25, 0.3) is 0 Å². The Bertz CT molecular complexity index is 736. The molecule has 8 heteroatoms. The highest BCUT2D eigenvalue weighted by Crippen LogP contribution is 2.31. The van der Waals surface area contributed by atoms with Gasteiger partial charge in [0.2, 0.25) is 15.9 Å². The summed E-state index contributed by atoms with van der Waals surface area (Å²) in [5.41, 5.74) is 0.189. The molecule has 0 saturated carbocycles. The molecule has 2 rings (SSSR count). The first-order valence-electron chi connectivity index (χ1n) is 7.30. The first-order valence-corrected chi connectivity index (χ1v) is 9.11. The zero-order valence-electron chi connectivity index (χ0n) is 13.5. The second-order valence-electron chi connectivity index (χ2n) is 6.10. The van der Waals surface area contributed by atoms with Crippen molar-refractivity contribution < 1.29 is 17.6 Å². The predicted octanol–water partition coefficient (Wildman–Crippen LogP) is 2.27. The van der Waals surface area contributed by atoms with E-state index in [-0.39, 0.29) is 33.9 Å². The predicted molar refractivity (Wildman–Crippen MR) is 86.3 cm³/mol. The number of amides is 1. The number of hydrogen-bond donors (Lipinski definition) is 0. The highest BCUT2D eigenvalue weighted by molar-refractivity contribution is 7.89. The topological polar surface area (TPSA) is 57.7 Å². The molecule has 0 aromatic heterocycles. The molecule has 1 fully saturated rings. The molecule has 0 bridgehead atoms. The maximum Gasteiger partial charge on any atom is 0.245 e.